The molecule has 28 heavy (non-hydrogen) atoms. The Morgan fingerprint density at radius 3 is 2.57 bits per heavy atom. The van der Waals surface area contributed by atoms with E-state index in [-0.39, 0.29) is 24.9 Å². The monoisotopic (exact) mass is 442 g/mol. The van der Waals surface area contributed by atoms with Crippen LogP contribution in [0.3, 0.4) is 0 Å². The van der Waals surface area contributed by atoms with Gasteiger partial charge in [-0.1, -0.05) is 34.1 Å². The number of urea groups is 1. The van der Waals surface area contributed by atoms with Crippen molar-refractivity contribution in [1.82, 2.24) is 20.1 Å². The normalized spacial score (nSPS) is 10.3. The van der Waals surface area contributed by atoms with Gasteiger partial charge in [0, 0.05) is 28.8 Å². The largest absolute Gasteiger partial charge is 0.337 e. The first-order valence-electron chi connectivity index (χ1n) is 8.61. The lowest BCUT2D eigenvalue weighted by Crippen LogP contribution is -2.31. The van der Waals surface area contributed by atoms with E-state index in [1.807, 2.05) is 36.4 Å². The third kappa shape index (κ3) is 5.92. The standard InChI is InChI=1S/C19H19BrN6O2/c20-15-5-7-16(8-6-15)24-19(28)22-10-9-18(27)25-17-4-2-1-3-14(17)11-26-13-21-12-23-26/h1-8,12-13H,9-11H2,(H,25,27)(H2,22,24,28). The van der Waals surface area contributed by atoms with Crippen molar-refractivity contribution in [2.75, 3.05) is 17.2 Å². The fourth-order valence-corrected chi connectivity index (χ4v) is 2.74. The van der Waals surface area contributed by atoms with E-state index < -0.39 is 0 Å². The first-order chi connectivity index (χ1) is 13.6. The number of para-hydroxylation sites is 1. The number of benzene rings is 2. The van der Waals surface area contributed by atoms with Crippen LogP contribution in [0.4, 0.5) is 16.2 Å². The number of nitrogens with one attached hydrogen (secondary N) is 3. The Bertz CT molecular complexity index is 928. The van der Waals surface area contributed by atoms with Gasteiger partial charge in [0.15, 0.2) is 0 Å². The van der Waals surface area contributed by atoms with Crippen molar-refractivity contribution in [3.05, 3.63) is 71.2 Å². The zero-order valence-corrected chi connectivity index (χ0v) is 16.5. The summed E-state index contributed by atoms with van der Waals surface area (Å²) in [5, 5.41) is 12.3. The van der Waals surface area contributed by atoms with Gasteiger partial charge in [-0.25, -0.2) is 14.5 Å². The molecule has 3 aromatic rings. The first-order valence-corrected chi connectivity index (χ1v) is 9.40. The zero-order chi connectivity index (χ0) is 19.8. The molecule has 0 aliphatic carbocycles. The minimum atomic E-state index is -0.360. The van der Waals surface area contributed by atoms with Crippen molar-refractivity contribution < 1.29 is 9.59 Å². The third-order valence-electron chi connectivity index (χ3n) is 3.83. The van der Waals surface area contributed by atoms with E-state index >= 15 is 0 Å². The molecule has 0 atom stereocenters. The fourth-order valence-electron chi connectivity index (χ4n) is 2.48. The van der Waals surface area contributed by atoms with Crippen LogP contribution in [0.15, 0.2) is 65.7 Å². The molecular weight excluding hydrogens is 424 g/mol. The molecule has 8 nitrogen and oxygen atoms in total. The van der Waals surface area contributed by atoms with E-state index in [1.165, 1.54) is 6.33 Å². The molecule has 0 radical (unpaired) electrons. The first kappa shape index (κ1) is 19.6. The number of aromatic nitrogens is 3. The molecule has 1 aromatic heterocycles. The van der Waals surface area contributed by atoms with Gasteiger partial charge in [0.25, 0.3) is 0 Å². The molecule has 3 rings (SSSR count). The van der Waals surface area contributed by atoms with Crippen LogP contribution < -0.4 is 16.0 Å². The van der Waals surface area contributed by atoms with E-state index in [0.717, 1.165) is 10.0 Å². The molecule has 144 valence electrons. The van der Waals surface area contributed by atoms with Crippen molar-refractivity contribution in [3.8, 4) is 0 Å². The highest BCUT2D eigenvalue weighted by molar-refractivity contribution is 9.10. The molecule has 3 N–H and O–H groups in total. The van der Waals surface area contributed by atoms with Gasteiger partial charge in [-0.2, -0.15) is 5.10 Å². The van der Waals surface area contributed by atoms with Crippen molar-refractivity contribution in [2.24, 2.45) is 0 Å². The lowest BCUT2D eigenvalue weighted by atomic mass is 10.1. The third-order valence-corrected chi connectivity index (χ3v) is 4.36. The highest BCUT2D eigenvalue weighted by atomic mass is 79.9. The highest BCUT2D eigenvalue weighted by Crippen LogP contribution is 2.16. The summed E-state index contributed by atoms with van der Waals surface area (Å²) < 4.78 is 2.61. The lowest BCUT2D eigenvalue weighted by molar-refractivity contribution is -0.116. The Morgan fingerprint density at radius 2 is 1.82 bits per heavy atom. The maximum atomic E-state index is 12.2. The van der Waals surface area contributed by atoms with Gasteiger partial charge in [0.1, 0.15) is 12.7 Å². The molecule has 0 aliphatic rings. The van der Waals surface area contributed by atoms with Gasteiger partial charge >= 0.3 is 6.03 Å². The SMILES string of the molecule is O=C(CCNC(=O)Nc1ccc(Br)cc1)Nc1ccccc1Cn1cncn1. The van der Waals surface area contributed by atoms with E-state index in [9.17, 15) is 9.59 Å². The lowest BCUT2D eigenvalue weighted by Gasteiger charge is -2.11. The van der Waals surface area contributed by atoms with Crippen LogP contribution in [0.2, 0.25) is 0 Å². The summed E-state index contributed by atoms with van der Waals surface area (Å²) in [7, 11) is 0. The van der Waals surface area contributed by atoms with Gasteiger partial charge in [0.2, 0.25) is 5.91 Å². The Morgan fingerprint density at radius 1 is 1.04 bits per heavy atom. The van der Waals surface area contributed by atoms with Gasteiger partial charge in [0.05, 0.1) is 6.54 Å². The number of carbonyl (C=O) groups is 2. The summed E-state index contributed by atoms with van der Waals surface area (Å²) in [5.41, 5.74) is 2.30. The second-order valence-corrected chi connectivity index (χ2v) is 6.85. The maximum absolute atomic E-state index is 12.2. The molecule has 0 aliphatic heterocycles. The molecule has 3 amide bonds. The summed E-state index contributed by atoms with van der Waals surface area (Å²) in [6.07, 6.45) is 3.24. The number of hydrogen-bond donors (Lipinski definition) is 3. The van der Waals surface area contributed by atoms with Crippen molar-refractivity contribution >= 4 is 39.2 Å². The van der Waals surface area contributed by atoms with Gasteiger partial charge < -0.3 is 16.0 Å². The fraction of sp³-hybridized carbons (Fsp3) is 0.158. The van der Waals surface area contributed by atoms with Crippen molar-refractivity contribution in [2.45, 2.75) is 13.0 Å². The molecule has 0 spiro atoms. The van der Waals surface area contributed by atoms with E-state index in [1.54, 1.807) is 23.1 Å². The van der Waals surface area contributed by atoms with Crippen LogP contribution in [0, 0.1) is 0 Å². The average Bonchev–Trinajstić information content (AvgIpc) is 3.18. The molecule has 2 aromatic carbocycles. The molecular formula is C19H19BrN6O2. The number of hydrogen-bond acceptors (Lipinski definition) is 4. The molecule has 0 unspecified atom stereocenters. The summed E-state index contributed by atoms with van der Waals surface area (Å²) in [4.78, 5) is 28.0. The van der Waals surface area contributed by atoms with Gasteiger partial charge in [-0.05, 0) is 35.9 Å². The molecule has 0 saturated carbocycles. The number of halogens is 1. The van der Waals surface area contributed by atoms with Crippen LogP contribution >= 0.6 is 15.9 Å². The minimum Gasteiger partial charge on any atom is -0.337 e. The second kappa shape index (κ2) is 9.65. The number of rotatable bonds is 7. The number of anilines is 2. The topological polar surface area (TPSA) is 101 Å². The Hall–Kier alpha value is -3.20. The number of amides is 3. The Kier molecular flexibility index (Phi) is 6.74. The van der Waals surface area contributed by atoms with Crippen molar-refractivity contribution in [3.63, 3.8) is 0 Å². The Labute approximate surface area is 170 Å². The maximum Gasteiger partial charge on any atom is 0.319 e. The zero-order valence-electron chi connectivity index (χ0n) is 14.9. The molecule has 1 heterocycles. The van der Waals surface area contributed by atoms with Crippen LogP contribution in [-0.2, 0) is 11.3 Å². The predicted octanol–water partition coefficient (Wildman–Crippen LogP) is 3.24. The minimum absolute atomic E-state index is 0.158. The smallest absolute Gasteiger partial charge is 0.319 e. The Balaban J connectivity index is 1.45. The van der Waals surface area contributed by atoms with E-state index in [0.29, 0.717) is 17.9 Å². The molecule has 0 fully saturated rings. The molecule has 9 heteroatoms. The van der Waals surface area contributed by atoms with Crippen LogP contribution in [0.25, 0.3) is 0 Å². The second-order valence-electron chi connectivity index (χ2n) is 5.94. The van der Waals surface area contributed by atoms with Crippen LogP contribution in [-0.4, -0.2) is 33.2 Å². The molecule has 0 saturated heterocycles. The number of carbonyl (C=O) groups excluding carboxylic acids is 2. The number of nitrogens with zero attached hydrogens (tertiary/aromatic N) is 3. The van der Waals surface area contributed by atoms with E-state index in [2.05, 4.69) is 42.0 Å². The quantitative estimate of drug-likeness (QED) is 0.522. The van der Waals surface area contributed by atoms with Gasteiger partial charge in [-0.3, -0.25) is 4.79 Å². The van der Waals surface area contributed by atoms with Crippen LogP contribution in [0.1, 0.15) is 12.0 Å². The van der Waals surface area contributed by atoms with Crippen LogP contribution in [0.5, 0.6) is 0 Å². The molecule has 0 bridgehead atoms. The summed E-state index contributed by atoms with van der Waals surface area (Å²) in [6.45, 7) is 0.726. The van der Waals surface area contributed by atoms with E-state index in [4.69, 9.17) is 0 Å². The van der Waals surface area contributed by atoms with Crippen molar-refractivity contribution in [1.29, 1.82) is 0 Å². The average molecular weight is 443 g/mol. The summed E-state index contributed by atoms with van der Waals surface area (Å²) in [6, 6.07) is 14.4. The highest BCUT2D eigenvalue weighted by Gasteiger charge is 2.08. The van der Waals surface area contributed by atoms with Gasteiger partial charge in [-0.15, -0.1) is 0 Å². The summed E-state index contributed by atoms with van der Waals surface area (Å²) >= 11 is 3.34. The predicted molar refractivity (Wildman–Crippen MR) is 110 cm³/mol. The summed E-state index contributed by atoms with van der Waals surface area (Å²) in [5.74, 6) is -0.185.